The van der Waals surface area contributed by atoms with Crippen LogP contribution in [0.15, 0.2) is 0 Å². The number of aldehydes is 1. The van der Waals surface area contributed by atoms with E-state index in [1.807, 2.05) is 41.5 Å². The van der Waals surface area contributed by atoms with Crippen molar-refractivity contribution in [3.05, 3.63) is 0 Å². The number of hydrogen-bond acceptors (Lipinski definition) is 8. The van der Waals surface area contributed by atoms with Gasteiger partial charge >= 0.3 is 6.09 Å². The molecule has 0 aromatic rings. The molecular weight excluding hydrogens is 442 g/mol. The predicted octanol–water partition coefficient (Wildman–Crippen LogP) is 2.13. The van der Waals surface area contributed by atoms with Crippen molar-refractivity contribution < 1.29 is 33.3 Å². The summed E-state index contributed by atoms with van der Waals surface area (Å²) >= 11 is 0. The lowest BCUT2D eigenvalue weighted by atomic mass is 9.87. The average Bonchev–Trinajstić information content (AvgIpc) is 2.72. The van der Waals surface area contributed by atoms with E-state index < -0.39 is 17.7 Å². The summed E-state index contributed by atoms with van der Waals surface area (Å²) in [5, 5.41) is 2.76. The average molecular weight is 490 g/mol. The lowest BCUT2D eigenvalue weighted by Gasteiger charge is -2.28. The molecule has 0 aliphatic carbocycles. The summed E-state index contributed by atoms with van der Waals surface area (Å²) in [6, 6.07) is -0.530. The molecule has 0 aliphatic heterocycles. The summed E-state index contributed by atoms with van der Waals surface area (Å²) in [7, 11) is 0. The Morgan fingerprint density at radius 3 is 1.94 bits per heavy atom. The minimum absolute atomic E-state index is 0.174. The second-order valence-electron chi connectivity index (χ2n) is 10.1. The summed E-state index contributed by atoms with van der Waals surface area (Å²) in [6.07, 6.45) is 1.85. The summed E-state index contributed by atoms with van der Waals surface area (Å²) in [5.74, 6) is -0.174. The maximum atomic E-state index is 12.6. The van der Waals surface area contributed by atoms with Crippen molar-refractivity contribution in [1.29, 1.82) is 0 Å². The number of carbonyl (C=O) groups is 3. The first-order valence-corrected chi connectivity index (χ1v) is 12.1. The highest BCUT2D eigenvalue weighted by Gasteiger charge is 2.25. The number of nitrogens with two attached hydrogens (primary N) is 1. The first kappa shape index (κ1) is 32.2. The molecule has 0 spiro atoms. The van der Waals surface area contributed by atoms with Crippen molar-refractivity contribution >= 4 is 18.3 Å². The van der Waals surface area contributed by atoms with Crippen molar-refractivity contribution in [3.63, 3.8) is 0 Å². The van der Waals surface area contributed by atoms with E-state index in [1.54, 1.807) is 4.90 Å². The highest BCUT2D eigenvalue weighted by molar-refractivity contribution is 5.79. The van der Waals surface area contributed by atoms with Gasteiger partial charge in [-0.1, -0.05) is 20.8 Å². The highest BCUT2D eigenvalue weighted by Crippen LogP contribution is 2.18. The fourth-order valence-corrected chi connectivity index (χ4v) is 2.71. The number of nitrogens with zero attached hydrogens (tertiary/aromatic N) is 1. The van der Waals surface area contributed by atoms with Gasteiger partial charge in [0.2, 0.25) is 5.91 Å². The molecule has 0 saturated heterocycles. The van der Waals surface area contributed by atoms with Crippen LogP contribution in [-0.2, 0) is 28.5 Å². The molecule has 0 saturated carbocycles. The molecule has 10 heteroatoms. The number of amides is 2. The zero-order valence-corrected chi connectivity index (χ0v) is 22.0. The van der Waals surface area contributed by atoms with Crippen LogP contribution in [0.1, 0.15) is 60.8 Å². The minimum Gasteiger partial charge on any atom is -0.444 e. The monoisotopic (exact) mass is 489 g/mol. The first-order valence-electron chi connectivity index (χ1n) is 12.1. The molecule has 2 amide bonds. The number of ether oxygens (including phenoxy) is 4. The van der Waals surface area contributed by atoms with Crippen molar-refractivity contribution in [2.45, 2.75) is 72.4 Å². The van der Waals surface area contributed by atoms with Crippen LogP contribution in [0.25, 0.3) is 0 Å². The summed E-state index contributed by atoms with van der Waals surface area (Å²) in [4.78, 5) is 37.6. The van der Waals surface area contributed by atoms with E-state index in [-0.39, 0.29) is 17.7 Å². The number of rotatable bonds is 18. The Labute approximate surface area is 205 Å². The fourth-order valence-electron chi connectivity index (χ4n) is 2.71. The molecule has 0 aromatic heterocycles. The van der Waals surface area contributed by atoms with Crippen LogP contribution in [0.3, 0.4) is 0 Å². The number of hydrogen-bond donors (Lipinski definition) is 2. The maximum Gasteiger partial charge on any atom is 0.410 e. The molecule has 1 unspecified atom stereocenters. The van der Waals surface area contributed by atoms with Crippen LogP contribution < -0.4 is 11.1 Å². The number of nitrogens with one attached hydrogen (secondary N) is 1. The Bertz CT molecular complexity index is 574. The maximum absolute atomic E-state index is 12.6. The van der Waals surface area contributed by atoms with Gasteiger partial charge in [0.1, 0.15) is 11.9 Å². The van der Waals surface area contributed by atoms with E-state index >= 15 is 0 Å². The lowest BCUT2D eigenvalue weighted by molar-refractivity contribution is -0.125. The molecule has 0 aromatic carbocycles. The van der Waals surface area contributed by atoms with Gasteiger partial charge in [0.05, 0.1) is 45.7 Å². The summed E-state index contributed by atoms with van der Waals surface area (Å²) in [6.45, 7) is 15.1. The third kappa shape index (κ3) is 17.7. The predicted molar refractivity (Wildman–Crippen MR) is 131 cm³/mol. The van der Waals surface area contributed by atoms with Gasteiger partial charge in [-0.15, -0.1) is 0 Å². The first-order chi connectivity index (χ1) is 15.9. The van der Waals surface area contributed by atoms with Gasteiger partial charge in [0.25, 0.3) is 0 Å². The van der Waals surface area contributed by atoms with E-state index in [4.69, 9.17) is 24.7 Å². The van der Waals surface area contributed by atoms with Gasteiger partial charge in [-0.2, -0.15) is 0 Å². The second kappa shape index (κ2) is 17.7. The summed E-state index contributed by atoms with van der Waals surface area (Å²) in [5.41, 5.74) is 4.40. The van der Waals surface area contributed by atoms with Crippen LogP contribution >= 0.6 is 0 Å². The number of carbonyl (C=O) groups excluding carboxylic acids is 3. The van der Waals surface area contributed by atoms with Gasteiger partial charge < -0.3 is 39.7 Å². The zero-order valence-electron chi connectivity index (χ0n) is 22.0. The van der Waals surface area contributed by atoms with Crippen molar-refractivity contribution in [3.8, 4) is 0 Å². The van der Waals surface area contributed by atoms with Crippen LogP contribution in [0.4, 0.5) is 4.79 Å². The van der Waals surface area contributed by atoms with Gasteiger partial charge in [-0.3, -0.25) is 4.79 Å². The minimum atomic E-state index is -0.604. The Hall–Kier alpha value is -1.75. The lowest BCUT2D eigenvalue weighted by Crippen LogP contribution is -2.44. The Balaban J connectivity index is 4.35. The smallest absolute Gasteiger partial charge is 0.410 e. The summed E-state index contributed by atoms with van der Waals surface area (Å²) < 4.78 is 21.7. The second-order valence-corrected chi connectivity index (χ2v) is 10.1. The van der Waals surface area contributed by atoms with E-state index in [0.29, 0.717) is 72.1 Å². The molecule has 34 heavy (non-hydrogen) atoms. The third-order valence-electron chi connectivity index (χ3n) is 4.63. The van der Waals surface area contributed by atoms with Crippen molar-refractivity contribution in [1.82, 2.24) is 10.2 Å². The van der Waals surface area contributed by atoms with E-state index in [9.17, 15) is 14.4 Å². The SMILES string of the molecule is CC(C)(C)OC(=O)N(CCCCC(=O)NC(C=O)C(C)(C)C)CCOCCOCCOCCN. The van der Waals surface area contributed by atoms with Gasteiger partial charge in [0.15, 0.2) is 0 Å². The molecule has 3 N–H and O–H groups in total. The van der Waals surface area contributed by atoms with Crippen LogP contribution in [0.2, 0.25) is 0 Å². The van der Waals surface area contributed by atoms with Crippen molar-refractivity contribution in [2.24, 2.45) is 11.1 Å². The highest BCUT2D eigenvalue weighted by atomic mass is 16.6. The molecule has 1 atom stereocenters. The molecular formula is C24H47N3O7. The van der Waals surface area contributed by atoms with Crippen LogP contribution in [0.5, 0.6) is 0 Å². The van der Waals surface area contributed by atoms with Gasteiger partial charge in [-0.05, 0) is 39.0 Å². The number of unbranched alkanes of at least 4 members (excludes halogenated alkanes) is 1. The fraction of sp³-hybridized carbons (Fsp3) is 0.875. The standard InChI is InChI=1S/C24H47N3O7/c1-23(2,3)20(19-28)26-21(29)9-7-8-11-27(22(30)34-24(4,5)6)12-14-32-16-18-33-17-15-31-13-10-25/h19-20H,7-18,25H2,1-6H3,(H,26,29). The molecule has 0 fully saturated rings. The van der Waals surface area contributed by atoms with E-state index in [0.717, 1.165) is 6.29 Å². The van der Waals surface area contributed by atoms with Crippen LogP contribution in [0, 0.1) is 5.41 Å². The molecule has 0 bridgehead atoms. The van der Waals surface area contributed by atoms with Gasteiger partial charge in [0, 0.05) is 26.1 Å². The molecule has 0 heterocycles. The largest absolute Gasteiger partial charge is 0.444 e. The van der Waals surface area contributed by atoms with Crippen LogP contribution in [-0.4, -0.2) is 94.1 Å². The zero-order chi connectivity index (χ0) is 26.0. The Kier molecular flexibility index (Phi) is 16.7. The molecule has 200 valence electrons. The molecule has 10 nitrogen and oxygen atoms in total. The van der Waals surface area contributed by atoms with Crippen molar-refractivity contribution in [2.75, 3.05) is 59.3 Å². The molecule has 0 aliphatic rings. The van der Waals surface area contributed by atoms with E-state index in [1.165, 1.54) is 0 Å². The molecule has 0 rings (SSSR count). The van der Waals surface area contributed by atoms with Gasteiger partial charge in [-0.25, -0.2) is 4.79 Å². The normalized spacial score (nSPS) is 12.8. The third-order valence-corrected chi connectivity index (χ3v) is 4.63. The quantitative estimate of drug-likeness (QED) is 0.221. The molecule has 0 radical (unpaired) electrons. The Morgan fingerprint density at radius 1 is 0.882 bits per heavy atom. The topological polar surface area (TPSA) is 129 Å². The van der Waals surface area contributed by atoms with E-state index in [2.05, 4.69) is 5.32 Å². The Morgan fingerprint density at radius 2 is 1.44 bits per heavy atom.